The second-order valence-corrected chi connectivity index (χ2v) is 13.6. The fourth-order valence-electron chi connectivity index (χ4n) is 6.82. The number of nitrogens with zero attached hydrogens (tertiary/aromatic N) is 2. The number of phenolic OH excluding ortho intramolecular Hbond substituents is 1. The molecule has 3 heterocycles. The van der Waals surface area contributed by atoms with E-state index in [1.807, 2.05) is 23.6 Å². The van der Waals surface area contributed by atoms with Crippen LogP contribution < -0.4 is 4.74 Å². The lowest BCUT2D eigenvalue weighted by atomic mass is 9.56. The molecule has 6 unspecified atom stereocenters. The van der Waals surface area contributed by atoms with Crippen LogP contribution in [0.1, 0.15) is 29.2 Å². The van der Waals surface area contributed by atoms with Crippen LogP contribution in [-0.2, 0) is 25.7 Å². The van der Waals surface area contributed by atoms with Gasteiger partial charge in [-0.05, 0) is 47.9 Å². The highest BCUT2D eigenvalue weighted by atomic mass is 79.9. The van der Waals surface area contributed by atoms with E-state index >= 15 is 0 Å². The van der Waals surface area contributed by atoms with Crippen LogP contribution in [0.15, 0.2) is 41.3 Å². The van der Waals surface area contributed by atoms with Crippen LogP contribution >= 0.6 is 62.1 Å². The SMILES string of the molecule is COc1cc(C2C3=CCC4C(=O)N(Cc5cccs5)C(=O)C4C3CC3(Cl)C(=O)N(CBr)C(=O)C23Cl)cc(Cl)c1O. The Bertz CT molecular complexity index is 1500. The zero-order valence-corrected chi connectivity index (χ0v) is 25.6. The van der Waals surface area contributed by atoms with Crippen molar-refractivity contribution in [3.8, 4) is 11.5 Å². The van der Waals surface area contributed by atoms with Crippen LogP contribution in [0.3, 0.4) is 0 Å². The first-order valence-corrected chi connectivity index (χ1v) is 15.6. The van der Waals surface area contributed by atoms with E-state index in [9.17, 15) is 24.3 Å². The van der Waals surface area contributed by atoms with Crippen molar-refractivity contribution in [3.63, 3.8) is 0 Å². The van der Waals surface area contributed by atoms with Gasteiger partial charge in [-0.15, -0.1) is 34.5 Å². The number of rotatable bonds is 5. The number of carbonyl (C=O) groups excluding carboxylic acids is 4. The maximum absolute atomic E-state index is 13.9. The number of halogens is 4. The van der Waals surface area contributed by atoms with Crippen molar-refractivity contribution in [1.29, 1.82) is 0 Å². The fraction of sp³-hybridized carbons (Fsp3) is 0.407. The summed E-state index contributed by atoms with van der Waals surface area (Å²) in [6, 6.07) is 6.68. The third-order valence-corrected chi connectivity index (χ3v) is 11.7. The number of hydrogen-bond donors (Lipinski definition) is 1. The highest BCUT2D eigenvalue weighted by Gasteiger charge is 2.76. The lowest BCUT2D eigenvalue weighted by molar-refractivity contribution is -0.141. The molecule has 6 atom stereocenters. The van der Waals surface area contributed by atoms with Gasteiger partial charge in [0, 0.05) is 10.8 Å². The van der Waals surface area contributed by atoms with Gasteiger partial charge in [0.05, 0.1) is 36.0 Å². The summed E-state index contributed by atoms with van der Waals surface area (Å²) in [5, 5.41) is 12.2. The van der Waals surface area contributed by atoms with E-state index in [1.165, 1.54) is 35.5 Å². The van der Waals surface area contributed by atoms with Crippen molar-refractivity contribution < 1.29 is 29.0 Å². The maximum atomic E-state index is 13.9. The first-order chi connectivity index (χ1) is 19.0. The fourth-order valence-corrected chi connectivity index (χ4v) is 9.16. The van der Waals surface area contributed by atoms with Gasteiger partial charge in [-0.25, -0.2) is 0 Å². The van der Waals surface area contributed by atoms with Gasteiger partial charge < -0.3 is 9.84 Å². The first-order valence-electron chi connectivity index (χ1n) is 12.4. The van der Waals surface area contributed by atoms with Gasteiger partial charge in [-0.1, -0.05) is 45.2 Å². The first kappa shape index (κ1) is 28.0. The molecule has 1 aromatic carbocycles. The monoisotopic (exact) mass is 686 g/mol. The standard InChI is InChI=1S/C27H22BrCl3N2O6S/c1-39-18-8-12(7-17(29)21(18)34)20-14-4-5-15-19(23(36)32(22(15)35)10-13-3-2-6-40-13)16(14)9-26(30)24(37)33(11-28)25(38)27(20,26)31/h2-4,6-8,15-16,19-20,34H,5,9-11H2,1H3. The molecule has 4 amide bonds. The van der Waals surface area contributed by atoms with Gasteiger partial charge in [0.25, 0.3) is 11.8 Å². The second-order valence-electron chi connectivity index (χ2n) is 10.4. The summed E-state index contributed by atoms with van der Waals surface area (Å²) in [6.45, 7) is 0.166. The molecule has 1 saturated carbocycles. The number of allylic oxidation sites excluding steroid dienone is 2. The summed E-state index contributed by atoms with van der Waals surface area (Å²) in [7, 11) is 1.35. The van der Waals surface area contributed by atoms with Gasteiger partial charge >= 0.3 is 0 Å². The topological polar surface area (TPSA) is 104 Å². The quantitative estimate of drug-likeness (QED) is 0.205. The summed E-state index contributed by atoms with van der Waals surface area (Å²) >= 11 is 25.4. The molecule has 2 aliphatic heterocycles. The number of carbonyl (C=O) groups is 4. The molecule has 3 fully saturated rings. The molecule has 210 valence electrons. The molecule has 40 heavy (non-hydrogen) atoms. The van der Waals surface area contributed by atoms with E-state index in [-0.39, 0.29) is 53.2 Å². The lowest BCUT2D eigenvalue weighted by Gasteiger charge is -2.50. The number of methoxy groups -OCH3 is 1. The molecule has 2 saturated heterocycles. The zero-order chi connectivity index (χ0) is 28.7. The van der Waals surface area contributed by atoms with E-state index in [0.29, 0.717) is 11.1 Å². The van der Waals surface area contributed by atoms with Crippen LogP contribution in [0.4, 0.5) is 0 Å². The number of fused-ring (bicyclic) bond motifs is 4. The van der Waals surface area contributed by atoms with Gasteiger partial charge in [0.1, 0.15) is 0 Å². The number of hydrogen-bond acceptors (Lipinski definition) is 7. The molecule has 0 radical (unpaired) electrons. The highest BCUT2D eigenvalue weighted by Crippen LogP contribution is 2.66. The van der Waals surface area contributed by atoms with E-state index in [0.717, 1.165) is 9.78 Å². The minimum absolute atomic E-state index is 0.0442. The van der Waals surface area contributed by atoms with Gasteiger partial charge in [-0.3, -0.25) is 29.0 Å². The zero-order valence-electron chi connectivity index (χ0n) is 20.9. The predicted molar refractivity (Wildman–Crippen MR) is 153 cm³/mol. The van der Waals surface area contributed by atoms with Crippen molar-refractivity contribution in [1.82, 2.24) is 9.80 Å². The molecule has 8 nitrogen and oxygen atoms in total. The average Bonchev–Trinajstić information content (AvgIpc) is 3.57. The Morgan fingerprint density at radius 2 is 1.88 bits per heavy atom. The Kier molecular flexibility index (Phi) is 6.82. The summed E-state index contributed by atoms with van der Waals surface area (Å²) in [4.78, 5) is 54.1. The van der Waals surface area contributed by atoms with Gasteiger partial charge in [0.2, 0.25) is 11.8 Å². The Hall–Kier alpha value is -2.11. The van der Waals surface area contributed by atoms with Crippen LogP contribution in [0.25, 0.3) is 0 Å². The third kappa shape index (κ3) is 3.62. The summed E-state index contributed by atoms with van der Waals surface area (Å²) in [5.74, 6) is -5.28. The molecule has 2 aliphatic carbocycles. The third-order valence-electron chi connectivity index (χ3n) is 8.60. The Balaban J connectivity index is 1.52. The summed E-state index contributed by atoms with van der Waals surface area (Å²) in [6.07, 6.45) is 2.00. The number of likely N-dealkylation sites (tertiary alicyclic amines) is 2. The number of thiophene rings is 1. The number of imide groups is 2. The Morgan fingerprint density at radius 1 is 1.12 bits per heavy atom. The highest BCUT2D eigenvalue weighted by molar-refractivity contribution is 9.09. The molecule has 1 aromatic heterocycles. The molecule has 13 heteroatoms. The molecule has 0 spiro atoms. The molecule has 0 bridgehead atoms. The van der Waals surface area contributed by atoms with Crippen LogP contribution in [0.5, 0.6) is 11.5 Å². The second kappa shape index (κ2) is 9.73. The van der Waals surface area contributed by atoms with Crippen molar-refractivity contribution >= 4 is 85.7 Å². The van der Waals surface area contributed by atoms with E-state index in [1.54, 1.807) is 0 Å². The lowest BCUT2D eigenvalue weighted by Crippen LogP contribution is -2.60. The minimum Gasteiger partial charge on any atom is -0.503 e. The van der Waals surface area contributed by atoms with Crippen LogP contribution in [0.2, 0.25) is 5.02 Å². The smallest absolute Gasteiger partial charge is 0.254 e. The predicted octanol–water partition coefficient (Wildman–Crippen LogP) is 5.03. The average molecular weight is 689 g/mol. The van der Waals surface area contributed by atoms with Gasteiger partial charge in [0.15, 0.2) is 21.2 Å². The number of benzene rings is 1. The van der Waals surface area contributed by atoms with Crippen molar-refractivity contribution in [3.05, 3.63) is 56.8 Å². The molecule has 4 aliphatic rings. The number of ether oxygens (including phenoxy) is 1. The number of phenols is 1. The Labute approximate surface area is 256 Å². The van der Waals surface area contributed by atoms with Crippen molar-refractivity contribution in [2.45, 2.75) is 35.1 Å². The van der Waals surface area contributed by atoms with Crippen LogP contribution in [0, 0.1) is 17.8 Å². The molecular weight excluding hydrogens is 667 g/mol. The normalized spacial score (nSPS) is 33.2. The van der Waals surface area contributed by atoms with Crippen molar-refractivity contribution in [2.24, 2.45) is 17.8 Å². The van der Waals surface area contributed by atoms with Crippen LogP contribution in [-0.4, -0.2) is 60.8 Å². The van der Waals surface area contributed by atoms with E-state index in [2.05, 4.69) is 15.9 Å². The molecule has 2 aromatic rings. The Morgan fingerprint density at radius 3 is 2.52 bits per heavy atom. The molecule has 6 rings (SSSR count). The molecule has 1 N–H and O–H groups in total. The molecular formula is C27H22BrCl3N2O6S. The maximum Gasteiger partial charge on any atom is 0.254 e. The van der Waals surface area contributed by atoms with E-state index in [4.69, 9.17) is 39.5 Å². The number of amides is 4. The summed E-state index contributed by atoms with van der Waals surface area (Å²) in [5.41, 5.74) is 0.897. The number of alkyl halides is 3. The largest absolute Gasteiger partial charge is 0.503 e. The minimum atomic E-state index is -1.97. The van der Waals surface area contributed by atoms with Gasteiger partial charge in [-0.2, -0.15) is 0 Å². The van der Waals surface area contributed by atoms with E-state index < -0.39 is 45.2 Å². The summed E-state index contributed by atoms with van der Waals surface area (Å²) < 4.78 is 5.31. The van der Waals surface area contributed by atoms with Crippen molar-refractivity contribution in [2.75, 3.05) is 12.6 Å². The number of aromatic hydroxyl groups is 1.